The monoisotopic (exact) mass is 484 g/mol. The van der Waals surface area contributed by atoms with Crippen LogP contribution in [0.4, 0.5) is 5.95 Å². The smallest absolute Gasteiger partial charge is 0.260 e. The van der Waals surface area contributed by atoms with E-state index < -0.39 is 0 Å². The van der Waals surface area contributed by atoms with E-state index in [9.17, 15) is 4.79 Å². The van der Waals surface area contributed by atoms with Gasteiger partial charge in [-0.3, -0.25) is 9.36 Å². The van der Waals surface area contributed by atoms with Gasteiger partial charge in [0.2, 0.25) is 5.95 Å². The molecule has 4 aromatic rings. The van der Waals surface area contributed by atoms with E-state index in [2.05, 4.69) is 24.6 Å². The van der Waals surface area contributed by atoms with Gasteiger partial charge in [-0.1, -0.05) is 41.6 Å². The first-order chi connectivity index (χ1) is 15.7. The Balaban J connectivity index is 1.28. The van der Waals surface area contributed by atoms with Gasteiger partial charge in [-0.05, 0) is 31.7 Å². The Hall–Kier alpha value is -2.36. The van der Waals surface area contributed by atoms with Gasteiger partial charge in [-0.25, -0.2) is 4.98 Å². The summed E-state index contributed by atoms with van der Waals surface area (Å²) in [5.74, 6) is 2.18. The van der Waals surface area contributed by atoms with Crippen LogP contribution in [-0.4, -0.2) is 37.8 Å². The van der Waals surface area contributed by atoms with E-state index in [4.69, 9.17) is 16.6 Å². The number of hydrogen-bond acceptors (Lipinski definition) is 7. The Kier molecular flexibility index (Phi) is 5.20. The highest BCUT2D eigenvalue weighted by Crippen LogP contribution is 2.42. The zero-order valence-corrected chi connectivity index (χ0v) is 19.6. The highest BCUT2D eigenvalue weighted by Gasteiger charge is 2.32. The minimum atomic E-state index is -0.136. The normalized spacial score (nSPS) is 16.3. The van der Waals surface area contributed by atoms with E-state index >= 15 is 0 Å². The molecule has 3 aromatic heterocycles. The number of H-pyrrole nitrogens is 1. The zero-order valence-electron chi connectivity index (χ0n) is 17.3. The van der Waals surface area contributed by atoms with E-state index in [1.165, 1.54) is 37.0 Å². The molecule has 1 aromatic carbocycles. The molecular weight excluding hydrogens is 464 g/mol. The summed E-state index contributed by atoms with van der Waals surface area (Å²) in [7, 11) is 0. The Morgan fingerprint density at radius 2 is 1.97 bits per heavy atom. The van der Waals surface area contributed by atoms with E-state index in [-0.39, 0.29) is 5.56 Å². The number of fused-ring (bicyclic) bond motifs is 1. The second-order valence-electron chi connectivity index (χ2n) is 8.19. The maximum atomic E-state index is 13.0. The SMILES string of the molecule is O=c1[nH]c(CSc2nnc(N3CCCC3)n2C2CC2)nc2scc(-c3ccccc3Cl)c12. The molecule has 32 heavy (non-hydrogen) atoms. The van der Waals surface area contributed by atoms with Gasteiger partial charge in [-0.15, -0.1) is 21.5 Å². The third-order valence-corrected chi connectivity index (χ3v) is 8.10. The summed E-state index contributed by atoms with van der Waals surface area (Å²) < 4.78 is 2.28. The molecule has 1 saturated heterocycles. The molecule has 0 spiro atoms. The standard InChI is InChI=1S/C22H21ClN6OS2/c23-16-6-2-1-5-14(16)15-11-31-20-18(15)19(30)24-17(25-20)12-32-22-27-26-21(28-9-3-4-10-28)29(22)13-7-8-13/h1-2,5-6,11,13H,3-4,7-10,12H2,(H,24,25,30). The van der Waals surface area contributed by atoms with Crippen LogP contribution in [0.1, 0.15) is 37.5 Å². The number of thioether (sulfide) groups is 1. The van der Waals surface area contributed by atoms with Crippen molar-refractivity contribution in [3.05, 3.63) is 50.8 Å². The number of nitrogens with one attached hydrogen (secondary N) is 1. The predicted octanol–water partition coefficient (Wildman–Crippen LogP) is 5.12. The van der Waals surface area contributed by atoms with Crippen LogP contribution in [0.3, 0.4) is 0 Å². The number of benzene rings is 1. The van der Waals surface area contributed by atoms with Crippen LogP contribution in [-0.2, 0) is 5.75 Å². The predicted molar refractivity (Wildman–Crippen MR) is 130 cm³/mol. The van der Waals surface area contributed by atoms with Crippen molar-refractivity contribution in [2.45, 2.75) is 42.6 Å². The van der Waals surface area contributed by atoms with Gasteiger partial charge in [-0.2, -0.15) is 0 Å². The summed E-state index contributed by atoms with van der Waals surface area (Å²) >= 11 is 9.41. The van der Waals surface area contributed by atoms with Crippen molar-refractivity contribution in [1.82, 2.24) is 24.7 Å². The van der Waals surface area contributed by atoms with Gasteiger partial charge in [0.05, 0.1) is 11.1 Å². The van der Waals surface area contributed by atoms with Crippen LogP contribution in [0.25, 0.3) is 21.3 Å². The molecule has 4 heterocycles. The minimum absolute atomic E-state index is 0.136. The number of thiophene rings is 1. The fourth-order valence-corrected chi connectivity index (χ4v) is 6.29. The molecular formula is C22H21ClN6OS2. The van der Waals surface area contributed by atoms with E-state index in [1.54, 1.807) is 11.8 Å². The summed E-state index contributed by atoms with van der Waals surface area (Å²) in [6, 6.07) is 8.06. The first-order valence-electron chi connectivity index (χ1n) is 10.8. The van der Waals surface area contributed by atoms with Crippen molar-refractivity contribution in [3.8, 4) is 11.1 Å². The lowest BCUT2D eigenvalue weighted by Crippen LogP contribution is -2.22. The maximum Gasteiger partial charge on any atom is 0.260 e. The lowest BCUT2D eigenvalue weighted by Gasteiger charge is -2.17. The second-order valence-corrected chi connectivity index (χ2v) is 10.4. The van der Waals surface area contributed by atoms with Gasteiger partial charge < -0.3 is 9.88 Å². The molecule has 0 amide bonds. The second kappa shape index (κ2) is 8.20. The molecule has 10 heteroatoms. The number of aromatic nitrogens is 5. The summed E-state index contributed by atoms with van der Waals surface area (Å²) in [6.07, 6.45) is 4.77. The first-order valence-corrected chi connectivity index (χ1v) is 13.0. The highest BCUT2D eigenvalue weighted by atomic mass is 35.5. The molecule has 2 aliphatic rings. The molecule has 0 radical (unpaired) electrons. The molecule has 1 saturated carbocycles. The maximum absolute atomic E-state index is 13.0. The molecule has 0 bridgehead atoms. The summed E-state index contributed by atoms with van der Waals surface area (Å²) in [5, 5.41) is 13.1. The fraction of sp³-hybridized carbons (Fsp3) is 0.364. The van der Waals surface area contributed by atoms with Crippen LogP contribution < -0.4 is 10.5 Å². The topological polar surface area (TPSA) is 79.7 Å². The average molecular weight is 485 g/mol. The zero-order chi connectivity index (χ0) is 21.7. The van der Waals surface area contributed by atoms with Gasteiger partial charge in [0.25, 0.3) is 5.56 Å². The van der Waals surface area contributed by atoms with Gasteiger partial charge >= 0.3 is 0 Å². The van der Waals surface area contributed by atoms with Crippen molar-refractivity contribution in [3.63, 3.8) is 0 Å². The average Bonchev–Trinajstić information content (AvgIpc) is 3.19. The Bertz CT molecular complexity index is 1350. The van der Waals surface area contributed by atoms with Crippen molar-refractivity contribution < 1.29 is 0 Å². The minimum Gasteiger partial charge on any atom is -0.341 e. The Morgan fingerprint density at radius 3 is 2.75 bits per heavy atom. The van der Waals surface area contributed by atoms with Crippen molar-refractivity contribution >= 4 is 50.9 Å². The molecule has 1 aliphatic carbocycles. The van der Waals surface area contributed by atoms with E-state index in [0.717, 1.165) is 40.2 Å². The third-order valence-electron chi connectivity index (χ3n) is 5.94. The van der Waals surface area contributed by atoms with Gasteiger partial charge in [0.15, 0.2) is 5.16 Å². The lowest BCUT2D eigenvalue weighted by molar-refractivity contribution is 0.651. The van der Waals surface area contributed by atoms with Gasteiger partial charge in [0, 0.05) is 40.7 Å². The molecule has 1 N–H and O–H groups in total. The number of aromatic amines is 1. The largest absolute Gasteiger partial charge is 0.341 e. The summed E-state index contributed by atoms with van der Waals surface area (Å²) in [4.78, 5) is 23.7. The van der Waals surface area contributed by atoms with Crippen LogP contribution in [0.15, 0.2) is 39.6 Å². The first kappa shape index (κ1) is 20.3. The van der Waals surface area contributed by atoms with Crippen LogP contribution >= 0.6 is 34.7 Å². The quantitative estimate of drug-likeness (QED) is 0.382. The molecule has 0 unspecified atom stereocenters. The van der Waals surface area contributed by atoms with E-state index in [0.29, 0.717) is 28.0 Å². The fourth-order valence-electron chi connectivity index (χ4n) is 4.23. The number of halogens is 1. The van der Waals surface area contributed by atoms with E-state index in [1.807, 2.05) is 29.6 Å². The molecule has 6 rings (SSSR count). The van der Waals surface area contributed by atoms with Crippen molar-refractivity contribution in [1.29, 1.82) is 0 Å². The van der Waals surface area contributed by atoms with Crippen LogP contribution in [0, 0.1) is 0 Å². The van der Waals surface area contributed by atoms with Gasteiger partial charge in [0.1, 0.15) is 10.7 Å². The third kappa shape index (κ3) is 3.62. The lowest BCUT2D eigenvalue weighted by atomic mass is 10.1. The molecule has 1 aliphatic heterocycles. The van der Waals surface area contributed by atoms with Crippen LogP contribution in [0.2, 0.25) is 5.02 Å². The van der Waals surface area contributed by atoms with Crippen LogP contribution in [0.5, 0.6) is 0 Å². The number of rotatable bonds is 6. The Labute approximate surface area is 197 Å². The van der Waals surface area contributed by atoms with Crippen molar-refractivity contribution in [2.24, 2.45) is 0 Å². The molecule has 164 valence electrons. The Morgan fingerprint density at radius 1 is 1.16 bits per heavy atom. The summed E-state index contributed by atoms with van der Waals surface area (Å²) in [5.41, 5.74) is 1.54. The summed E-state index contributed by atoms with van der Waals surface area (Å²) in [6.45, 7) is 2.10. The number of hydrogen-bond donors (Lipinski definition) is 1. The highest BCUT2D eigenvalue weighted by molar-refractivity contribution is 7.98. The number of anilines is 1. The number of nitrogens with zero attached hydrogens (tertiary/aromatic N) is 5. The van der Waals surface area contributed by atoms with Crippen molar-refractivity contribution in [2.75, 3.05) is 18.0 Å². The molecule has 2 fully saturated rings. The molecule has 0 atom stereocenters. The molecule has 7 nitrogen and oxygen atoms in total.